The standard InChI is InChI=1S/C8H12F3NO3/c1-7(2,6(14)15)5(13)12(3)4-8(9,10)11/h4H2,1-3H3,(H,14,15). The van der Waals surface area contributed by atoms with Gasteiger partial charge >= 0.3 is 12.1 Å². The fourth-order valence-corrected chi connectivity index (χ4v) is 0.909. The molecule has 1 N–H and O–H groups in total. The van der Waals surface area contributed by atoms with Crippen molar-refractivity contribution >= 4 is 11.9 Å². The molecule has 0 aromatic rings. The number of carbonyl (C=O) groups excluding carboxylic acids is 1. The van der Waals surface area contributed by atoms with Gasteiger partial charge in [0.05, 0.1) is 0 Å². The zero-order valence-electron chi connectivity index (χ0n) is 8.55. The quantitative estimate of drug-likeness (QED) is 0.735. The van der Waals surface area contributed by atoms with Crippen LogP contribution >= 0.6 is 0 Å². The zero-order valence-corrected chi connectivity index (χ0v) is 8.55. The molecular formula is C8H12F3NO3. The molecule has 0 aliphatic carbocycles. The summed E-state index contributed by atoms with van der Waals surface area (Å²) < 4.78 is 35.7. The van der Waals surface area contributed by atoms with Crippen molar-refractivity contribution in [3.8, 4) is 0 Å². The van der Waals surface area contributed by atoms with Gasteiger partial charge in [-0.05, 0) is 13.8 Å². The van der Waals surface area contributed by atoms with Crippen molar-refractivity contribution in [2.75, 3.05) is 13.6 Å². The molecule has 0 saturated carbocycles. The zero-order chi connectivity index (χ0) is 12.4. The van der Waals surface area contributed by atoms with Crippen LogP contribution < -0.4 is 0 Å². The normalized spacial score (nSPS) is 12.4. The Hall–Kier alpha value is -1.27. The molecule has 15 heavy (non-hydrogen) atoms. The van der Waals surface area contributed by atoms with Crippen LogP contribution in [0.25, 0.3) is 0 Å². The summed E-state index contributed by atoms with van der Waals surface area (Å²) in [4.78, 5) is 22.3. The molecule has 1 amide bonds. The smallest absolute Gasteiger partial charge is 0.406 e. The van der Waals surface area contributed by atoms with Gasteiger partial charge in [-0.3, -0.25) is 9.59 Å². The predicted molar refractivity (Wildman–Crippen MR) is 45.1 cm³/mol. The second-order valence-corrected chi connectivity index (χ2v) is 3.71. The molecule has 0 aromatic heterocycles. The van der Waals surface area contributed by atoms with E-state index in [-0.39, 0.29) is 0 Å². The van der Waals surface area contributed by atoms with E-state index in [1.807, 2.05) is 0 Å². The van der Waals surface area contributed by atoms with E-state index < -0.39 is 30.0 Å². The van der Waals surface area contributed by atoms with Crippen molar-refractivity contribution in [3.63, 3.8) is 0 Å². The molecule has 0 atom stereocenters. The number of nitrogens with zero attached hydrogens (tertiary/aromatic N) is 1. The lowest BCUT2D eigenvalue weighted by atomic mass is 9.92. The molecule has 0 saturated heterocycles. The van der Waals surface area contributed by atoms with Gasteiger partial charge in [-0.1, -0.05) is 0 Å². The molecule has 0 unspecified atom stereocenters. The summed E-state index contributed by atoms with van der Waals surface area (Å²) >= 11 is 0. The summed E-state index contributed by atoms with van der Waals surface area (Å²) in [5, 5.41) is 8.63. The molecular weight excluding hydrogens is 215 g/mol. The highest BCUT2D eigenvalue weighted by Crippen LogP contribution is 2.22. The average Bonchev–Trinajstić information content (AvgIpc) is 1.99. The number of aliphatic carboxylic acids is 1. The first-order chi connectivity index (χ1) is 6.48. The summed E-state index contributed by atoms with van der Waals surface area (Å²) in [6, 6.07) is 0. The number of carbonyl (C=O) groups is 2. The fraction of sp³-hybridized carbons (Fsp3) is 0.750. The number of hydrogen-bond donors (Lipinski definition) is 1. The van der Waals surface area contributed by atoms with Crippen LogP contribution in [0, 0.1) is 5.41 Å². The minimum Gasteiger partial charge on any atom is -0.480 e. The Balaban J connectivity index is 4.66. The van der Waals surface area contributed by atoms with Crippen LogP contribution in [-0.2, 0) is 9.59 Å². The number of amides is 1. The summed E-state index contributed by atoms with van der Waals surface area (Å²) in [7, 11) is 0.917. The van der Waals surface area contributed by atoms with Gasteiger partial charge in [0.2, 0.25) is 5.91 Å². The third-order valence-corrected chi connectivity index (χ3v) is 1.83. The van der Waals surface area contributed by atoms with Gasteiger partial charge in [0.1, 0.15) is 12.0 Å². The third kappa shape index (κ3) is 3.77. The molecule has 0 heterocycles. The van der Waals surface area contributed by atoms with Crippen molar-refractivity contribution in [2.45, 2.75) is 20.0 Å². The SMILES string of the molecule is CN(CC(F)(F)F)C(=O)C(C)(C)C(=O)O. The largest absolute Gasteiger partial charge is 0.480 e. The Morgan fingerprint density at radius 1 is 1.27 bits per heavy atom. The van der Waals surface area contributed by atoms with Gasteiger partial charge < -0.3 is 10.0 Å². The molecule has 7 heteroatoms. The monoisotopic (exact) mass is 227 g/mol. The average molecular weight is 227 g/mol. The van der Waals surface area contributed by atoms with Crippen LogP contribution in [0.4, 0.5) is 13.2 Å². The third-order valence-electron chi connectivity index (χ3n) is 1.83. The molecule has 4 nitrogen and oxygen atoms in total. The Morgan fingerprint density at radius 2 is 1.67 bits per heavy atom. The number of carboxylic acids is 1. The Labute approximate surface area is 84.7 Å². The number of hydrogen-bond acceptors (Lipinski definition) is 2. The van der Waals surface area contributed by atoms with Crippen molar-refractivity contribution in [2.24, 2.45) is 5.41 Å². The molecule has 0 radical (unpaired) electrons. The first-order valence-electron chi connectivity index (χ1n) is 4.04. The van der Waals surface area contributed by atoms with Crippen LogP contribution in [0.1, 0.15) is 13.8 Å². The fourth-order valence-electron chi connectivity index (χ4n) is 0.909. The highest BCUT2D eigenvalue weighted by atomic mass is 19.4. The topological polar surface area (TPSA) is 57.6 Å². The minimum atomic E-state index is -4.53. The molecule has 0 bridgehead atoms. The Kier molecular flexibility index (Phi) is 3.73. The summed E-state index contributed by atoms with van der Waals surface area (Å²) in [5.74, 6) is -2.53. The molecule has 0 spiro atoms. The van der Waals surface area contributed by atoms with Crippen LogP contribution in [0.15, 0.2) is 0 Å². The maximum atomic E-state index is 11.9. The number of alkyl halides is 3. The Morgan fingerprint density at radius 3 is 1.93 bits per heavy atom. The van der Waals surface area contributed by atoms with Crippen LogP contribution in [0.2, 0.25) is 0 Å². The van der Waals surface area contributed by atoms with E-state index in [9.17, 15) is 22.8 Å². The molecule has 0 rings (SSSR count). The summed E-state index contributed by atoms with van der Waals surface area (Å²) in [5.41, 5.74) is -1.85. The van der Waals surface area contributed by atoms with Crippen molar-refractivity contribution in [1.82, 2.24) is 4.90 Å². The van der Waals surface area contributed by atoms with Crippen LogP contribution in [0.5, 0.6) is 0 Å². The molecule has 0 aliphatic heterocycles. The first kappa shape index (κ1) is 13.7. The van der Waals surface area contributed by atoms with E-state index in [1.165, 1.54) is 0 Å². The molecule has 88 valence electrons. The Bertz CT molecular complexity index is 273. The van der Waals surface area contributed by atoms with Gasteiger partial charge in [-0.15, -0.1) is 0 Å². The van der Waals surface area contributed by atoms with E-state index in [2.05, 4.69) is 0 Å². The van der Waals surface area contributed by atoms with E-state index in [0.717, 1.165) is 20.9 Å². The lowest BCUT2D eigenvalue weighted by molar-refractivity contribution is -0.170. The maximum Gasteiger partial charge on any atom is 0.406 e. The lowest BCUT2D eigenvalue weighted by Gasteiger charge is -2.26. The second-order valence-electron chi connectivity index (χ2n) is 3.71. The van der Waals surface area contributed by atoms with Gasteiger partial charge in [0, 0.05) is 7.05 Å². The summed E-state index contributed by atoms with van der Waals surface area (Å²) in [6.45, 7) is 0.664. The maximum absolute atomic E-state index is 11.9. The number of halogens is 3. The van der Waals surface area contributed by atoms with Crippen LogP contribution in [0.3, 0.4) is 0 Å². The van der Waals surface area contributed by atoms with Crippen molar-refractivity contribution in [3.05, 3.63) is 0 Å². The summed E-state index contributed by atoms with van der Waals surface area (Å²) in [6.07, 6.45) is -4.53. The first-order valence-corrected chi connectivity index (χ1v) is 4.04. The molecule has 0 aromatic carbocycles. The van der Waals surface area contributed by atoms with E-state index in [4.69, 9.17) is 5.11 Å². The van der Waals surface area contributed by atoms with Crippen LogP contribution in [-0.4, -0.2) is 41.7 Å². The van der Waals surface area contributed by atoms with Crippen molar-refractivity contribution < 1.29 is 27.9 Å². The van der Waals surface area contributed by atoms with E-state index >= 15 is 0 Å². The predicted octanol–water partition coefficient (Wildman–Crippen LogP) is 1.12. The highest BCUT2D eigenvalue weighted by Gasteiger charge is 2.41. The van der Waals surface area contributed by atoms with E-state index in [1.54, 1.807) is 0 Å². The van der Waals surface area contributed by atoms with Crippen molar-refractivity contribution in [1.29, 1.82) is 0 Å². The van der Waals surface area contributed by atoms with Gasteiger partial charge in [0.25, 0.3) is 0 Å². The molecule has 0 aliphatic rings. The van der Waals surface area contributed by atoms with E-state index in [0.29, 0.717) is 4.90 Å². The van der Waals surface area contributed by atoms with Gasteiger partial charge in [-0.25, -0.2) is 0 Å². The number of carboxylic acid groups (broad SMARTS) is 1. The second kappa shape index (κ2) is 4.08. The minimum absolute atomic E-state index is 0.355. The lowest BCUT2D eigenvalue weighted by Crippen LogP contribution is -2.46. The highest BCUT2D eigenvalue weighted by molar-refractivity contribution is 6.00. The molecule has 0 fully saturated rings. The van der Waals surface area contributed by atoms with Gasteiger partial charge in [0.15, 0.2) is 0 Å². The van der Waals surface area contributed by atoms with Gasteiger partial charge in [-0.2, -0.15) is 13.2 Å². The number of rotatable bonds is 3.